The van der Waals surface area contributed by atoms with Gasteiger partial charge in [0, 0.05) is 29.1 Å². The average Bonchev–Trinajstić information content (AvgIpc) is 2.26. The molecular weight excluding hydrogens is 204 g/mol. The zero-order chi connectivity index (χ0) is 11.9. The van der Waals surface area contributed by atoms with Crippen LogP contribution in [0.5, 0.6) is 0 Å². The highest BCUT2D eigenvalue weighted by Gasteiger charge is 2.35. The Labute approximate surface area is 94.5 Å². The minimum Gasteiger partial charge on any atom is -0.493 e. The Bertz CT molecular complexity index is 452. The Balaban J connectivity index is 2.53. The quantitative estimate of drug-likeness (QED) is 0.498. The van der Waals surface area contributed by atoms with Crippen LogP contribution in [0.15, 0.2) is 35.1 Å². The Kier molecular flexibility index (Phi) is 2.54. The summed E-state index contributed by atoms with van der Waals surface area (Å²) in [6.45, 7) is 3.84. The predicted octanol–water partition coefficient (Wildman–Crippen LogP) is 1.81. The Morgan fingerprint density at radius 1 is 1.06 bits per heavy atom. The first-order chi connectivity index (χ1) is 7.56. The normalized spacial score (nSPS) is 29.1. The van der Waals surface area contributed by atoms with Gasteiger partial charge in [0.2, 0.25) is 5.78 Å². The molecule has 0 spiro atoms. The molecule has 2 aliphatic carbocycles. The molecule has 3 heteroatoms. The highest BCUT2D eigenvalue weighted by molar-refractivity contribution is 6.22. The summed E-state index contributed by atoms with van der Waals surface area (Å²) in [6, 6.07) is 0. The smallest absolute Gasteiger partial charge is 0.224 e. The molecule has 0 aromatic carbocycles. The van der Waals surface area contributed by atoms with E-state index in [2.05, 4.69) is 0 Å². The van der Waals surface area contributed by atoms with Crippen LogP contribution in [0.2, 0.25) is 0 Å². The highest BCUT2D eigenvalue weighted by atomic mass is 16.5. The van der Waals surface area contributed by atoms with Gasteiger partial charge in [-0.05, 0) is 0 Å². The van der Waals surface area contributed by atoms with Crippen molar-refractivity contribution in [2.75, 3.05) is 7.11 Å². The third kappa shape index (κ3) is 1.43. The molecule has 0 fully saturated rings. The van der Waals surface area contributed by atoms with Crippen LogP contribution in [-0.2, 0) is 14.3 Å². The van der Waals surface area contributed by atoms with Crippen LogP contribution >= 0.6 is 0 Å². The molecule has 0 bridgehead atoms. The van der Waals surface area contributed by atoms with Gasteiger partial charge in [-0.25, -0.2) is 0 Å². The maximum Gasteiger partial charge on any atom is 0.224 e. The highest BCUT2D eigenvalue weighted by Crippen LogP contribution is 2.34. The second kappa shape index (κ2) is 3.74. The topological polar surface area (TPSA) is 43.4 Å². The van der Waals surface area contributed by atoms with E-state index in [4.69, 9.17) is 4.74 Å². The molecule has 3 nitrogen and oxygen atoms in total. The summed E-state index contributed by atoms with van der Waals surface area (Å²) in [5.74, 6) is -0.104. The van der Waals surface area contributed by atoms with Crippen molar-refractivity contribution in [1.29, 1.82) is 0 Å². The van der Waals surface area contributed by atoms with Gasteiger partial charge in [-0.15, -0.1) is 0 Å². The fraction of sp³-hybridized carbons (Fsp3) is 0.385. The SMILES string of the molecule is COC1=CC(=O)C2=C(C1=O)[C@@H](C)C=C[C@H]2C. The van der Waals surface area contributed by atoms with Crippen LogP contribution < -0.4 is 0 Å². The number of allylic oxidation sites excluding steroid dienone is 5. The van der Waals surface area contributed by atoms with Gasteiger partial charge >= 0.3 is 0 Å². The fourth-order valence-corrected chi connectivity index (χ4v) is 2.25. The molecule has 2 aliphatic rings. The predicted molar refractivity (Wildman–Crippen MR) is 59.6 cm³/mol. The molecule has 0 saturated carbocycles. The lowest BCUT2D eigenvalue weighted by Crippen LogP contribution is -2.28. The second-order valence-corrected chi connectivity index (χ2v) is 4.20. The van der Waals surface area contributed by atoms with Crippen LogP contribution in [0.25, 0.3) is 0 Å². The lowest BCUT2D eigenvalue weighted by Gasteiger charge is -2.27. The van der Waals surface area contributed by atoms with Gasteiger partial charge < -0.3 is 4.74 Å². The molecule has 0 heterocycles. The summed E-state index contributed by atoms with van der Waals surface area (Å²) in [5.41, 5.74) is 1.22. The lowest BCUT2D eigenvalue weighted by atomic mass is 9.76. The van der Waals surface area contributed by atoms with Gasteiger partial charge in [0.15, 0.2) is 11.5 Å². The van der Waals surface area contributed by atoms with Crippen molar-refractivity contribution in [1.82, 2.24) is 0 Å². The maximum atomic E-state index is 12.1. The van der Waals surface area contributed by atoms with Crippen molar-refractivity contribution in [2.45, 2.75) is 13.8 Å². The molecule has 0 unspecified atom stereocenters. The van der Waals surface area contributed by atoms with Crippen molar-refractivity contribution < 1.29 is 14.3 Å². The third-order valence-electron chi connectivity index (χ3n) is 3.11. The summed E-state index contributed by atoms with van der Waals surface area (Å²) in [7, 11) is 1.41. The molecule has 0 aliphatic heterocycles. The number of rotatable bonds is 1. The van der Waals surface area contributed by atoms with Crippen LogP contribution in [-0.4, -0.2) is 18.7 Å². The second-order valence-electron chi connectivity index (χ2n) is 4.20. The first-order valence-corrected chi connectivity index (χ1v) is 5.33. The summed E-state index contributed by atoms with van der Waals surface area (Å²) < 4.78 is 4.94. The van der Waals surface area contributed by atoms with Crippen molar-refractivity contribution in [3.63, 3.8) is 0 Å². The Morgan fingerprint density at radius 3 is 2.19 bits per heavy atom. The van der Waals surface area contributed by atoms with Crippen LogP contribution in [0.4, 0.5) is 0 Å². The standard InChI is InChI=1S/C13H14O3/c1-7-4-5-8(2)12-11(7)9(14)6-10(16-3)13(12)15/h4-8H,1-3H3/t7-,8+/m1/s1. The number of hydrogen-bond donors (Lipinski definition) is 0. The zero-order valence-electron chi connectivity index (χ0n) is 9.61. The molecule has 84 valence electrons. The maximum absolute atomic E-state index is 12.1. The van der Waals surface area contributed by atoms with Crippen molar-refractivity contribution in [2.24, 2.45) is 11.8 Å². The third-order valence-corrected chi connectivity index (χ3v) is 3.11. The zero-order valence-corrected chi connectivity index (χ0v) is 9.61. The molecule has 0 saturated heterocycles. The summed E-state index contributed by atoms with van der Waals surface area (Å²) in [4.78, 5) is 24.0. The van der Waals surface area contributed by atoms with Gasteiger partial charge in [0.25, 0.3) is 0 Å². The lowest BCUT2D eigenvalue weighted by molar-refractivity contribution is -0.118. The molecule has 2 atom stereocenters. The number of carbonyl (C=O) groups excluding carboxylic acids is 2. The van der Waals surface area contributed by atoms with Gasteiger partial charge in [0.05, 0.1) is 7.11 Å². The molecule has 0 amide bonds. The number of ether oxygens (including phenoxy) is 1. The van der Waals surface area contributed by atoms with Crippen LogP contribution in [0.3, 0.4) is 0 Å². The molecule has 0 radical (unpaired) electrons. The molecular formula is C13H14O3. The van der Waals surface area contributed by atoms with E-state index in [1.807, 2.05) is 26.0 Å². The first kappa shape index (κ1) is 10.9. The minimum atomic E-state index is -0.152. The number of methoxy groups -OCH3 is 1. The van der Waals surface area contributed by atoms with Crippen molar-refractivity contribution in [3.8, 4) is 0 Å². The minimum absolute atomic E-state index is 0.0114. The number of hydrogen-bond acceptors (Lipinski definition) is 3. The van der Waals surface area contributed by atoms with Crippen LogP contribution in [0, 0.1) is 11.8 Å². The fourth-order valence-electron chi connectivity index (χ4n) is 2.25. The van der Waals surface area contributed by atoms with E-state index in [1.54, 1.807) is 0 Å². The van der Waals surface area contributed by atoms with E-state index in [-0.39, 0.29) is 29.2 Å². The molecule has 0 aromatic rings. The Morgan fingerprint density at radius 2 is 1.62 bits per heavy atom. The Hall–Kier alpha value is -1.64. The monoisotopic (exact) mass is 218 g/mol. The molecule has 16 heavy (non-hydrogen) atoms. The summed E-state index contributed by atoms with van der Waals surface area (Å²) in [6.07, 6.45) is 5.23. The van der Waals surface area contributed by atoms with E-state index in [0.717, 1.165) is 0 Å². The molecule has 0 N–H and O–H groups in total. The van der Waals surface area contributed by atoms with E-state index < -0.39 is 0 Å². The molecule has 0 aromatic heterocycles. The largest absolute Gasteiger partial charge is 0.493 e. The van der Waals surface area contributed by atoms with E-state index in [9.17, 15) is 9.59 Å². The van der Waals surface area contributed by atoms with E-state index >= 15 is 0 Å². The molecule has 2 rings (SSSR count). The van der Waals surface area contributed by atoms with E-state index in [1.165, 1.54) is 13.2 Å². The van der Waals surface area contributed by atoms with E-state index in [0.29, 0.717) is 11.1 Å². The van der Waals surface area contributed by atoms with Crippen molar-refractivity contribution >= 4 is 11.6 Å². The summed E-state index contributed by atoms with van der Waals surface area (Å²) >= 11 is 0. The first-order valence-electron chi connectivity index (χ1n) is 5.33. The number of carbonyl (C=O) groups is 2. The van der Waals surface area contributed by atoms with Crippen LogP contribution in [0.1, 0.15) is 13.8 Å². The average molecular weight is 218 g/mol. The summed E-state index contributed by atoms with van der Waals surface area (Å²) in [5, 5.41) is 0. The number of ketones is 2. The van der Waals surface area contributed by atoms with Crippen molar-refractivity contribution in [3.05, 3.63) is 35.1 Å². The van der Waals surface area contributed by atoms with Gasteiger partial charge in [-0.2, -0.15) is 0 Å². The van der Waals surface area contributed by atoms with Gasteiger partial charge in [-0.3, -0.25) is 9.59 Å². The number of Topliss-reactive ketones (excluding diaryl/α,β-unsaturated/α-hetero) is 1. The van der Waals surface area contributed by atoms with Gasteiger partial charge in [-0.1, -0.05) is 26.0 Å². The van der Waals surface area contributed by atoms with Gasteiger partial charge in [0.1, 0.15) is 0 Å².